The van der Waals surface area contributed by atoms with E-state index < -0.39 is 5.97 Å². The number of hydrogen-bond acceptors (Lipinski definition) is 3. The van der Waals surface area contributed by atoms with Crippen LogP contribution in [0.5, 0.6) is 0 Å². The van der Waals surface area contributed by atoms with Gasteiger partial charge < -0.3 is 9.52 Å². The zero-order valence-electron chi connectivity index (χ0n) is 10.6. The van der Waals surface area contributed by atoms with Crippen molar-refractivity contribution in [3.63, 3.8) is 0 Å². The van der Waals surface area contributed by atoms with Crippen LogP contribution >= 0.6 is 11.3 Å². The Morgan fingerprint density at radius 3 is 2.63 bits per heavy atom. The maximum atomic E-state index is 11.0. The summed E-state index contributed by atoms with van der Waals surface area (Å²) in [6.07, 6.45) is 0. The molecule has 0 saturated carbocycles. The third-order valence-corrected chi connectivity index (χ3v) is 4.33. The van der Waals surface area contributed by atoms with E-state index in [4.69, 9.17) is 9.52 Å². The van der Waals surface area contributed by atoms with Crippen molar-refractivity contribution < 1.29 is 14.3 Å². The average Bonchev–Trinajstić information content (AvgIpc) is 2.93. The van der Waals surface area contributed by atoms with Crippen LogP contribution in [0.4, 0.5) is 0 Å². The fourth-order valence-electron chi connectivity index (χ4n) is 2.15. The molecule has 19 heavy (non-hydrogen) atoms. The van der Waals surface area contributed by atoms with E-state index in [1.807, 2.05) is 38.1 Å². The molecule has 0 aliphatic heterocycles. The van der Waals surface area contributed by atoms with E-state index in [2.05, 4.69) is 0 Å². The lowest BCUT2D eigenvalue weighted by Crippen LogP contribution is -1.89. The topological polar surface area (TPSA) is 50.4 Å². The molecule has 0 radical (unpaired) electrons. The second-order valence-corrected chi connectivity index (χ2v) is 5.58. The van der Waals surface area contributed by atoms with Crippen molar-refractivity contribution in [3.05, 3.63) is 46.3 Å². The van der Waals surface area contributed by atoms with Gasteiger partial charge in [0.2, 0.25) is 0 Å². The van der Waals surface area contributed by atoms with Crippen molar-refractivity contribution in [2.24, 2.45) is 0 Å². The second kappa shape index (κ2) is 4.24. The SMILES string of the molecule is Cc1cc(C(=O)O)sc1-c1cc2cccc(C)c2o1. The number of carboxylic acid groups (broad SMARTS) is 1. The predicted molar refractivity (Wildman–Crippen MR) is 76.0 cm³/mol. The van der Waals surface area contributed by atoms with E-state index in [-0.39, 0.29) is 0 Å². The van der Waals surface area contributed by atoms with Crippen LogP contribution in [-0.2, 0) is 0 Å². The lowest BCUT2D eigenvalue weighted by atomic mass is 10.1. The first-order valence-electron chi connectivity index (χ1n) is 5.89. The standard InChI is InChI=1S/C15H12O3S/c1-8-4-3-5-10-7-11(18-13(8)10)14-9(2)6-12(19-14)15(16)17/h3-7H,1-2H3,(H,16,17). The van der Waals surface area contributed by atoms with Crippen molar-refractivity contribution in [1.29, 1.82) is 0 Å². The van der Waals surface area contributed by atoms with Crippen molar-refractivity contribution in [3.8, 4) is 10.6 Å². The normalized spacial score (nSPS) is 11.1. The molecule has 3 aromatic rings. The van der Waals surface area contributed by atoms with Crippen molar-refractivity contribution in [2.45, 2.75) is 13.8 Å². The molecule has 0 spiro atoms. The number of para-hydroxylation sites is 1. The van der Waals surface area contributed by atoms with Gasteiger partial charge in [0.05, 0.1) is 4.88 Å². The summed E-state index contributed by atoms with van der Waals surface area (Å²) in [5.41, 5.74) is 2.87. The molecule has 3 rings (SSSR count). The molecule has 0 unspecified atom stereocenters. The van der Waals surface area contributed by atoms with Crippen LogP contribution in [0, 0.1) is 13.8 Å². The Bertz CT molecular complexity index is 780. The summed E-state index contributed by atoms with van der Waals surface area (Å²) in [6.45, 7) is 3.90. The van der Waals surface area contributed by atoms with Gasteiger partial charge in [-0.2, -0.15) is 0 Å². The summed E-state index contributed by atoms with van der Waals surface area (Å²) >= 11 is 1.25. The van der Waals surface area contributed by atoms with Gasteiger partial charge in [-0.15, -0.1) is 11.3 Å². The first-order chi connectivity index (χ1) is 9.06. The molecular formula is C15H12O3S. The van der Waals surface area contributed by atoms with E-state index in [0.717, 1.165) is 32.7 Å². The van der Waals surface area contributed by atoms with Gasteiger partial charge >= 0.3 is 5.97 Å². The molecule has 0 atom stereocenters. The van der Waals surface area contributed by atoms with Gasteiger partial charge in [0.15, 0.2) is 0 Å². The van der Waals surface area contributed by atoms with Gasteiger partial charge in [-0.1, -0.05) is 18.2 Å². The van der Waals surface area contributed by atoms with Crippen LogP contribution in [0.2, 0.25) is 0 Å². The van der Waals surface area contributed by atoms with Gasteiger partial charge in [0.1, 0.15) is 16.2 Å². The summed E-state index contributed by atoms with van der Waals surface area (Å²) in [5, 5.41) is 10.1. The molecule has 0 bridgehead atoms. The molecule has 1 N–H and O–H groups in total. The summed E-state index contributed by atoms with van der Waals surface area (Å²) in [4.78, 5) is 12.2. The number of furan rings is 1. The van der Waals surface area contributed by atoms with Crippen molar-refractivity contribution in [2.75, 3.05) is 0 Å². The lowest BCUT2D eigenvalue weighted by Gasteiger charge is -1.94. The van der Waals surface area contributed by atoms with Crippen LogP contribution in [0.25, 0.3) is 21.6 Å². The molecule has 0 fully saturated rings. The van der Waals surface area contributed by atoms with Crippen LogP contribution in [0.3, 0.4) is 0 Å². The predicted octanol–water partition coefficient (Wildman–Crippen LogP) is 4.48. The number of hydrogen-bond donors (Lipinski definition) is 1. The highest BCUT2D eigenvalue weighted by molar-refractivity contribution is 7.17. The van der Waals surface area contributed by atoms with Crippen LogP contribution < -0.4 is 0 Å². The van der Waals surface area contributed by atoms with Crippen LogP contribution in [0.1, 0.15) is 20.8 Å². The molecule has 96 valence electrons. The van der Waals surface area contributed by atoms with Gasteiger partial charge in [0.25, 0.3) is 0 Å². The number of fused-ring (bicyclic) bond motifs is 1. The van der Waals surface area contributed by atoms with E-state index in [1.165, 1.54) is 11.3 Å². The number of aryl methyl sites for hydroxylation is 2. The number of aromatic carboxylic acids is 1. The quantitative estimate of drug-likeness (QED) is 0.748. The highest BCUT2D eigenvalue weighted by Gasteiger charge is 2.16. The molecule has 1 aromatic carbocycles. The third kappa shape index (κ3) is 1.94. The summed E-state index contributed by atoms with van der Waals surface area (Å²) in [5.74, 6) is -0.161. The molecular weight excluding hydrogens is 260 g/mol. The fraction of sp³-hybridized carbons (Fsp3) is 0.133. The second-order valence-electron chi connectivity index (χ2n) is 4.53. The maximum absolute atomic E-state index is 11.0. The Hall–Kier alpha value is -2.07. The Morgan fingerprint density at radius 1 is 1.21 bits per heavy atom. The van der Waals surface area contributed by atoms with Crippen molar-refractivity contribution in [1.82, 2.24) is 0 Å². The van der Waals surface area contributed by atoms with Crippen LogP contribution in [-0.4, -0.2) is 11.1 Å². The Morgan fingerprint density at radius 2 is 2.00 bits per heavy atom. The summed E-state index contributed by atoms with van der Waals surface area (Å²) in [6, 6.07) is 9.63. The smallest absolute Gasteiger partial charge is 0.345 e. The molecule has 0 aliphatic carbocycles. The minimum absolute atomic E-state index is 0.338. The largest absolute Gasteiger partial charge is 0.477 e. The zero-order chi connectivity index (χ0) is 13.6. The Labute approximate surface area is 114 Å². The minimum Gasteiger partial charge on any atom is -0.477 e. The number of rotatable bonds is 2. The van der Waals surface area contributed by atoms with E-state index >= 15 is 0 Å². The molecule has 2 aromatic heterocycles. The molecule has 3 nitrogen and oxygen atoms in total. The lowest BCUT2D eigenvalue weighted by molar-refractivity contribution is 0.0702. The molecule has 0 saturated heterocycles. The zero-order valence-corrected chi connectivity index (χ0v) is 11.4. The fourth-order valence-corrected chi connectivity index (χ4v) is 3.12. The maximum Gasteiger partial charge on any atom is 0.345 e. The number of thiophene rings is 1. The highest BCUT2D eigenvalue weighted by atomic mass is 32.1. The van der Waals surface area contributed by atoms with Gasteiger partial charge in [0, 0.05) is 5.39 Å². The number of benzene rings is 1. The van der Waals surface area contributed by atoms with Gasteiger partial charge in [-0.3, -0.25) is 0 Å². The van der Waals surface area contributed by atoms with E-state index in [9.17, 15) is 4.79 Å². The molecule has 2 heterocycles. The minimum atomic E-state index is -0.897. The van der Waals surface area contributed by atoms with Gasteiger partial charge in [-0.05, 0) is 37.1 Å². The third-order valence-electron chi connectivity index (χ3n) is 3.09. The highest BCUT2D eigenvalue weighted by Crippen LogP contribution is 2.36. The first-order valence-corrected chi connectivity index (χ1v) is 6.71. The molecule has 0 aliphatic rings. The van der Waals surface area contributed by atoms with E-state index in [1.54, 1.807) is 6.07 Å². The molecule has 0 amide bonds. The summed E-state index contributed by atoms with van der Waals surface area (Å²) < 4.78 is 5.88. The number of carbonyl (C=O) groups is 1. The van der Waals surface area contributed by atoms with Crippen LogP contribution in [0.15, 0.2) is 34.7 Å². The van der Waals surface area contributed by atoms with Gasteiger partial charge in [-0.25, -0.2) is 4.79 Å². The number of carboxylic acids is 1. The Balaban J connectivity index is 2.19. The average molecular weight is 272 g/mol. The van der Waals surface area contributed by atoms with E-state index in [0.29, 0.717) is 4.88 Å². The molecule has 4 heteroatoms. The first kappa shape index (κ1) is 12.0. The Kier molecular flexibility index (Phi) is 2.68. The summed E-state index contributed by atoms with van der Waals surface area (Å²) in [7, 11) is 0. The van der Waals surface area contributed by atoms with Crippen molar-refractivity contribution >= 4 is 28.3 Å². The monoisotopic (exact) mass is 272 g/mol.